The summed E-state index contributed by atoms with van der Waals surface area (Å²) in [5, 5.41) is 11.4. The molecule has 0 aliphatic heterocycles. The van der Waals surface area contributed by atoms with Gasteiger partial charge in [0.05, 0.1) is 13.7 Å². The minimum absolute atomic E-state index is 0.245. The summed E-state index contributed by atoms with van der Waals surface area (Å²) in [6.07, 6.45) is 0. The van der Waals surface area contributed by atoms with E-state index in [0.717, 1.165) is 16.3 Å². The zero-order valence-corrected chi connectivity index (χ0v) is 9.59. The van der Waals surface area contributed by atoms with Gasteiger partial charge in [0.1, 0.15) is 5.92 Å². The molecule has 0 heterocycles. The van der Waals surface area contributed by atoms with Gasteiger partial charge in [-0.1, -0.05) is 42.5 Å². The van der Waals surface area contributed by atoms with Crippen LogP contribution < -0.4 is 0 Å². The van der Waals surface area contributed by atoms with E-state index in [4.69, 9.17) is 0 Å². The van der Waals surface area contributed by atoms with Gasteiger partial charge in [0.15, 0.2) is 0 Å². The minimum atomic E-state index is -0.607. The topological polar surface area (TPSA) is 46.5 Å². The van der Waals surface area contributed by atoms with Crippen molar-refractivity contribution in [1.82, 2.24) is 0 Å². The summed E-state index contributed by atoms with van der Waals surface area (Å²) < 4.78 is 4.67. The van der Waals surface area contributed by atoms with E-state index in [-0.39, 0.29) is 6.61 Å². The second-order valence-corrected chi connectivity index (χ2v) is 3.86. The Labute approximate surface area is 99.6 Å². The second kappa shape index (κ2) is 4.97. The molecule has 0 saturated heterocycles. The Bertz CT molecular complexity index is 534. The smallest absolute Gasteiger partial charge is 0.315 e. The fraction of sp³-hybridized carbons (Fsp3) is 0.214. The molecule has 0 fully saturated rings. The highest BCUT2D eigenvalue weighted by molar-refractivity contribution is 5.85. The third-order valence-corrected chi connectivity index (χ3v) is 2.84. The third kappa shape index (κ3) is 2.29. The average Bonchev–Trinajstić information content (AvgIpc) is 2.39. The summed E-state index contributed by atoms with van der Waals surface area (Å²) in [5.74, 6) is -1.02. The number of hydrogen-bond acceptors (Lipinski definition) is 3. The van der Waals surface area contributed by atoms with Crippen molar-refractivity contribution in [2.45, 2.75) is 5.92 Å². The van der Waals surface area contributed by atoms with Crippen LogP contribution in [0.2, 0.25) is 0 Å². The Kier molecular flexibility index (Phi) is 3.40. The molecule has 0 bridgehead atoms. The summed E-state index contributed by atoms with van der Waals surface area (Å²) in [4.78, 5) is 11.5. The van der Waals surface area contributed by atoms with Gasteiger partial charge < -0.3 is 9.84 Å². The van der Waals surface area contributed by atoms with Crippen LogP contribution in [0, 0.1) is 0 Å². The number of benzene rings is 2. The molecule has 88 valence electrons. The first kappa shape index (κ1) is 11.6. The molecular formula is C14H14O3. The first-order valence-corrected chi connectivity index (χ1v) is 5.43. The summed E-state index contributed by atoms with van der Waals surface area (Å²) in [6, 6.07) is 13.6. The Balaban J connectivity index is 2.44. The van der Waals surface area contributed by atoms with Crippen LogP contribution in [-0.4, -0.2) is 24.8 Å². The number of rotatable bonds is 3. The molecule has 1 atom stereocenters. The molecule has 1 N–H and O–H groups in total. The molecule has 3 nitrogen and oxygen atoms in total. The van der Waals surface area contributed by atoms with Crippen molar-refractivity contribution in [1.29, 1.82) is 0 Å². The van der Waals surface area contributed by atoms with E-state index < -0.39 is 11.9 Å². The largest absolute Gasteiger partial charge is 0.468 e. The standard InChI is InChI=1S/C14H14O3/c1-17-14(16)13(9-15)12-7-6-10-4-2-3-5-11(10)8-12/h2-8,13,15H,9H2,1H3. The highest BCUT2D eigenvalue weighted by atomic mass is 16.5. The van der Waals surface area contributed by atoms with Crippen molar-refractivity contribution in [3.8, 4) is 0 Å². The first-order chi connectivity index (χ1) is 8.26. The fourth-order valence-corrected chi connectivity index (χ4v) is 1.88. The lowest BCUT2D eigenvalue weighted by Crippen LogP contribution is -2.17. The van der Waals surface area contributed by atoms with E-state index in [2.05, 4.69) is 4.74 Å². The van der Waals surface area contributed by atoms with Crippen LogP contribution >= 0.6 is 0 Å². The molecule has 2 aromatic rings. The van der Waals surface area contributed by atoms with Gasteiger partial charge in [-0.05, 0) is 16.3 Å². The average molecular weight is 230 g/mol. The van der Waals surface area contributed by atoms with Gasteiger partial charge in [0, 0.05) is 0 Å². The number of ether oxygens (including phenoxy) is 1. The maximum Gasteiger partial charge on any atom is 0.315 e. The van der Waals surface area contributed by atoms with E-state index >= 15 is 0 Å². The minimum Gasteiger partial charge on any atom is -0.468 e. The third-order valence-electron chi connectivity index (χ3n) is 2.84. The maximum atomic E-state index is 11.5. The van der Waals surface area contributed by atoms with Gasteiger partial charge in [0.2, 0.25) is 0 Å². The molecule has 0 saturated carbocycles. The predicted octanol–water partition coefficient (Wildman–Crippen LogP) is 2.09. The molecule has 0 aromatic heterocycles. The Morgan fingerprint density at radius 2 is 1.94 bits per heavy atom. The Morgan fingerprint density at radius 1 is 1.24 bits per heavy atom. The zero-order valence-electron chi connectivity index (χ0n) is 9.59. The number of carbonyl (C=O) groups excluding carboxylic acids is 1. The van der Waals surface area contributed by atoms with Gasteiger partial charge >= 0.3 is 5.97 Å². The molecule has 0 aliphatic rings. The highest BCUT2D eigenvalue weighted by Gasteiger charge is 2.20. The van der Waals surface area contributed by atoms with Crippen LogP contribution in [-0.2, 0) is 9.53 Å². The van der Waals surface area contributed by atoms with Gasteiger partial charge in [-0.2, -0.15) is 0 Å². The summed E-state index contributed by atoms with van der Waals surface area (Å²) >= 11 is 0. The fourth-order valence-electron chi connectivity index (χ4n) is 1.88. The number of aliphatic hydroxyl groups is 1. The van der Waals surface area contributed by atoms with Gasteiger partial charge in [-0.25, -0.2) is 0 Å². The SMILES string of the molecule is COC(=O)C(CO)c1ccc2ccccc2c1. The Morgan fingerprint density at radius 3 is 2.59 bits per heavy atom. The van der Waals surface area contributed by atoms with Gasteiger partial charge in [0.25, 0.3) is 0 Å². The van der Waals surface area contributed by atoms with E-state index in [0.29, 0.717) is 0 Å². The molecule has 1 unspecified atom stereocenters. The van der Waals surface area contributed by atoms with E-state index in [1.807, 2.05) is 42.5 Å². The molecule has 0 aliphatic carbocycles. The van der Waals surface area contributed by atoms with Gasteiger partial charge in [-0.15, -0.1) is 0 Å². The van der Waals surface area contributed by atoms with Crippen molar-refractivity contribution >= 4 is 16.7 Å². The molecule has 3 heteroatoms. The number of esters is 1. The van der Waals surface area contributed by atoms with Crippen LogP contribution in [0.4, 0.5) is 0 Å². The van der Waals surface area contributed by atoms with Crippen molar-refractivity contribution in [2.24, 2.45) is 0 Å². The second-order valence-electron chi connectivity index (χ2n) is 3.86. The molecule has 0 spiro atoms. The number of methoxy groups -OCH3 is 1. The van der Waals surface area contributed by atoms with Crippen LogP contribution in [0.1, 0.15) is 11.5 Å². The Hall–Kier alpha value is -1.87. The summed E-state index contributed by atoms with van der Waals surface area (Å²) in [6.45, 7) is -0.245. The lowest BCUT2D eigenvalue weighted by atomic mass is 9.97. The molecule has 0 amide bonds. The number of hydrogen-bond donors (Lipinski definition) is 1. The molecule has 0 radical (unpaired) electrons. The van der Waals surface area contributed by atoms with Crippen molar-refractivity contribution in [3.05, 3.63) is 48.0 Å². The summed E-state index contributed by atoms with van der Waals surface area (Å²) in [7, 11) is 1.33. The van der Waals surface area contributed by atoms with Crippen molar-refractivity contribution < 1.29 is 14.6 Å². The van der Waals surface area contributed by atoms with Crippen LogP contribution in [0.25, 0.3) is 10.8 Å². The first-order valence-electron chi connectivity index (χ1n) is 5.43. The monoisotopic (exact) mass is 230 g/mol. The predicted molar refractivity (Wildman–Crippen MR) is 65.8 cm³/mol. The van der Waals surface area contributed by atoms with Crippen molar-refractivity contribution in [3.63, 3.8) is 0 Å². The molecular weight excluding hydrogens is 216 g/mol. The maximum absolute atomic E-state index is 11.5. The lowest BCUT2D eigenvalue weighted by Gasteiger charge is -2.12. The molecule has 17 heavy (non-hydrogen) atoms. The quantitative estimate of drug-likeness (QED) is 0.821. The lowest BCUT2D eigenvalue weighted by molar-refractivity contribution is -0.143. The normalized spacial score (nSPS) is 12.4. The number of carbonyl (C=O) groups is 1. The number of fused-ring (bicyclic) bond motifs is 1. The van der Waals surface area contributed by atoms with E-state index in [1.54, 1.807) is 0 Å². The van der Waals surface area contributed by atoms with Crippen molar-refractivity contribution in [2.75, 3.05) is 13.7 Å². The van der Waals surface area contributed by atoms with E-state index in [9.17, 15) is 9.90 Å². The van der Waals surface area contributed by atoms with E-state index in [1.165, 1.54) is 7.11 Å². The number of aliphatic hydroxyl groups excluding tert-OH is 1. The molecule has 2 aromatic carbocycles. The zero-order chi connectivity index (χ0) is 12.3. The highest BCUT2D eigenvalue weighted by Crippen LogP contribution is 2.22. The molecule has 2 rings (SSSR count). The van der Waals surface area contributed by atoms with Crippen LogP contribution in [0.15, 0.2) is 42.5 Å². The van der Waals surface area contributed by atoms with Crippen LogP contribution in [0.3, 0.4) is 0 Å². The van der Waals surface area contributed by atoms with Crippen LogP contribution in [0.5, 0.6) is 0 Å². The van der Waals surface area contributed by atoms with Gasteiger partial charge in [-0.3, -0.25) is 4.79 Å². The summed E-state index contributed by atoms with van der Waals surface area (Å²) in [5.41, 5.74) is 0.776.